The Labute approximate surface area is 228 Å². The van der Waals surface area contributed by atoms with Crippen molar-refractivity contribution < 1.29 is 19.2 Å². The molecule has 0 aliphatic heterocycles. The Morgan fingerprint density at radius 1 is 0.949 bits per heavy atom. The minimum Gasteiger partial charge on any atom is -0.478 e. The van der Waals surface area contributed by atoms with E-state index < -0.39 is 5.97 Å². The number of hydrogen-bond acceptors (Lipinski definition) is 5. The SMILES string of the molecule is Cc1cc(C(=O)O)ccc1CNC(=O)c1cc(-c2ccsc2)cc2onc(Cc3ccc4ccccc4c3)c12. The van der Waals surface area contributed by atoms with Crippen LogP contribution in [0.2, 0.25) is 0 Å². The molecular formula is C32H24N2O4S. The summed E-state index contributed by atoms with van der Waals surface area (Å²) >= 11 is 1.59. The monoisotopic (exact) mass is 532 g/mol. The zero-order chi connectivity index (χ0) is 26.9. The maximum absolute atomic E-state index is 13.6. The molecule has 0 aliphatic rings. The summed E-state index contributed by atoms with van der Waals surface area (Å²) in [6.07, 6.45) is 0.520. The molecule has 192 valence electrons. The van der Waals surface area contributed by atoms with Crippen LogP contribution in [0.25, 0.3) is 32.9 Å². The molecule has 7 heteroatoms. The number of amides is 1. The lowest BCUT2D eigenvalue weighted by Gasteiger charge is -2.11. The average molecular weight is 533 g/mol. The highest BCUT2D eigenvalue weighted by Gasteiger charge is 2.21. The second-order valence-corrected chi connectivity index (χ2v) is 10.3. The van der Waals surface area contributed by atoms with Crippen molar-refractivity contribution in [2.24, 2.45) is 0 Å². The van der Waals surface area contributed by atoms with Gasteiger partial charge in [0.15, 0.2) is 5.58 Å². The largest absolute Gasteiger partial charge is 0.478 e. The van der Waals surface area contributed by atoms with E-state index in [4.69, 9.17) is 4.52 Å². The summed E-state index contributed by atoms with van der Waals surface area (Å²) in [7, 11) is 0. The number of nitrogens with one attached hydrogen (secondary N) is 1. The zero-order valence-electron chi connectivity index (χ0n) is 21.1. The molecule has 6 rings (SSSR count). The molecule has 0 fully saturated rings. The summed E-state index contributed by atoms with van der Waals surface area (Å²) in [5, 5.41) is 23.7. The highest BCUT2D eigenvalue weighted by Crippen LogP contribution is 2.32. The molecule has 4 aromatic carbocycles. The van der Waals surface area contributed by atoms with E-state index in [1.54, 1.807) is 29.5 Å². The first-order chi connectivity index (χ1) is 19.0. The van der Waals surface area contributed by atoms with Gasteiger partial charge in [0, 0.05) is 13.0 Å². The zero-order valence-corrected chi connectivity index (χ0v) is 21.9. The predicted molar refractivity (Wildman–Crippen MR) is 153 cm³/mol. The van der Waals surface area contributed by atoms with Crippen molar-refractivity contribution in [2.75, 3.05) is 0 Å². The number of aryl methyl sites for hydroxylation is 1. The van der Waals surface area contributed by atoms with Gasteiger partial charge in [-0.1, -0.05) is 53.7 Å². The molecule has 0 radical (unpaired) electrons. The number of carboxylic acid groups (broad SMARTS) is 1. The minimum atomic E-state index is -0.979. The van der Waals surface area contributed by atoms with Crippen LogP contribution in [0.15, 0.2) is 94.1 Å². The number of carbonyl (C=O) groups excluding carboxylic acids is 1. The maximum Gasteiger partial charge on any atom is 0.335 e. The summed E-state index contributed by atoms with van der Waals surface area (Å²) in [5.41, 5.74) is 6.57. The van der Waals surface area contributed by atoms with Crippen LogP contribution in [0.3, 0.4) is 0 Å². The molecule has 6 aromatic rings. The van der Waals surface area contributed by atoms with Crippen molar-refractivity contribution in [3.8, 4) is 11.1 Å². The maximum atomic E-state index is 13.6. The van der Waals surface area contributed by atoms with E-state index in [1.165, 1.54) is 5.39 Å². The molecule has 6 nitrogen and oxygen atoms in total. The van der Waals surface area contributed by atoms with Gasteiger partial charge < -0.3 is 14.9 Å². The van der Waals surface area contributed by atoms with Gasteiger partial charge in [0.2, 0.25) is 0 Å². The number of aromatic nitrogens is 1. The second-order valence-electron chi connectivity index (χ2n) is 9.53. The minimum absolute atomic E-state index is 0.218. The summed E-state index contributed by atoms with van der Waals surface area (Å²) in [6.45, 7) is 2.10. The number of carbonyl (C=O) groups is 2. The van der Waals surface area contributed by atoms with Gasteiger partial charge in [0.05, 0.1) is 22.2 Å². The molecule has 39 heavy (non-hydrogen) atoms. The summed E-state index contributed by atoms with van der Waals surface area (Å²) in [4.78, 5) is 24.9. The van der Waals surface area contributed by atoms with E-state index in [0.717, 1.165) is 33.2 Å². The highest BCUT2D eigenvalue weighted by atomic mass is 32.1. The van der Waals surface area contributed by atoms with E-state index in [0.29, 0.717) is 28.6 Å². The van der Waals surface area contributed by atoms with Gasteiger partial charge in [0.25, 0.3) is 5.91 Å². The molecule has 2 N–H and O–H groups in total. The molecule has 2 heterocycles. The summed E-state index contributed by atoms with van der Waals surface area (Å²) in [5.74, 6) is -1.23. The molecule has 0 spiro atoms. The van der Waals surface area contributed by atoms with Crippen LogP contribution in [-0.4, -0.2) is 22.1 Å². The Morgan fingerprint density at radius 3 is 2.56 bits per heavy atom. The van der Waals surface area contributed by atoms with E-state index in [1.807, 2.05) is 48.0 Å². The van der Waals surface area contributed by atoms with E-state index in [2.05, 4.69) is 40.8 Å². The van der Waals surface area contributed by atoms with Crippen molar-refractivity contribution in [2.45, 2.75) is 19.9 Å². The molecule has 1 amide bonds. The normalized spacial score (nSPS) is 11.2. The van der Waals surface area contributed by atoms with Crippen LogP contribution in [0, 0.1) is 6.92 Å². The first-order valence-electron chi connectivity index (χ1n) is 12.5. The Bertz CT molecular complexity index is 1850. The average Bonchev–Trinajstić information content (AvgIpc) is 3.62. The van der Waals surface area contributed by atoms with Gasteiger partial charge in [-0.05, 0) is 86.6 Å². The summed E-state index contributed by atoms with van der Waals surface area (Å²) < 4.78 is 5.77. The molecule has 0 atom stereocenters. The Kier molecular flexibility index (Phi) is 6.42. The van der Waals surface area contributed by atoms with Gasteiger partial charge >= 0.3 is 5.97 Å². The highest BCUT2D eigenvalue weighted by molar-refractivity contribution is 7.08. The van der Waals surface area contributed by atoms with E-state index in [-0.39, 0.29) is 18.0 Å². The third kappa shape index (κ3) is 4.92. The number of aromatic carboxylic acids is 1. The fourth-order valence-corrected chi connectivity index (χ4v) is 5.54. The quantitative estimate of drug-likeness (QED) is 0.226. The van der Waals surface area contributed by atoms with Crippen LogP contribution >= 0.6 is 11.3 Å². The van der Waals surface area contributed by atoms with Gasteiger partial charge in [-0.3, -0.25) is 4.79 Å². The molecule has 0 saturated heterocycles. The molecule has 0 aliphatic carbocycles. The van der Waals surface area contributed by atoms with Crippen molar-refractivity contribution in [3.63, 3.8) is 0 Å². The molecule has 2 aromatic heterocycles. The molecule has 0 saturated carbocycles. The third-order valence-corrected chi connectivity index (χ3v) is 7.64. The van der Waals surface area contributed by atoms with Gasteiger partial charge in [-0.15, -0.1) is 0 Å². The number of benzene rings is 4. The number of thiophene rings is 1. The first kappa shape index (κ1) is 24.6. The third-order valence-electron chi connectivity index (χ3n) is 6.96. The second kappa shape index (κ2) is 10.2. The van der Waals surface area contributed by atoms with Crippen molar-refractivity contribution in [1.29, 1.82) is 0 Å². The van der Waals surface area contributed by atoms with Crippen LogP contribution in [0.1, 0.15) is 43.1 Å². The lowest BCUT2D eigenvalue weighted by atomic mass is 9.97. The van der Waals surface area contributed by atoms with E-state index in [9.17, 15) is 14.7 Å². The number of fused-ring (bicyclic) bond motifs is 2. The summed E-state index contributed by atoms with van der Waals surface area (Å²) in [6, 6.07) is 25.2. The Morgan fingerprint density at radius 2 is 1.79 bits per heavy atom. The van der Waals surface area contributed by atoms with E-state index >= 15 is 0 Å². The van der Waals surface area contributed by atoms with Gasteiger partial charge in [0.1, 0.15) is 0 Å². The smallest absolute Gasteiger partial charge is 0.335 e. The van der Waals surface area contributed by atoms with Crippen molar-refractivity contribution in [1.82, 2.24) is 10.5 Å². The number of hydrogen-bond donors (Lipinski definition) is 2. The fourth-order valence-electron chi connectivity index (χ4n) is 4.87. The van der Waals surface area contributed by atoms with Gasteiger partial charge in [-0.2, -0.15) is 11.3 Å². The van der Waals surface area contributed by atoms with Crippen molar-refractivity contribution in [3.05, 3.63) is 123 Å². The molecule has 0 bridgehead atoms. The molecule has 0 unspecified atom stereocenters. The lowest BCUT2D eigenvalue weighted by molar-refractivity contribution is 0.0696. The number of carboxylic acids is 1. The predicted octanol–water partition coefficient (Wildman–Crippen LogP) is 7.24. The van der Waals surface area contributed by atoms with Crippen molar-refractivity contribution >= 4 is 45.0 Å². The van der Waals surface area contributed by atoms with Crippen LogP contribution in [0.5, 0.6) is 0 Å². The lowest BCUT2D eigenvalue weighted by Crippen LogP contribution is -2.23. The van der Waals surface area contributed by atoms with Crippen LogP contribution in [-0.2, 0) is 13.0 Å². The Balaban J connectivity index is 1.36. The Hall–Kier alpha value is -4.75. The van der Waals surface area contributed by atoms with Crippen LogP contribution < -0.4 is 5.32 Å². The fraction of sp³-hybridized carbons (Fsp3) is 0.0938. The van der Waals surface area contributed by atoms with Gasteiger partial charge in [-0.25, -0.2) is 4.79 Å². The topological polar surface area (TPSA) is 92.4 Å². The standard InChI is InChI=1S/C32H24N2O4S/c1-19-12-23(32(36)37)8-9-24(19)17-33-31(35)27-15-26(25-10-11-39-18-25)16-29-30(27)28(34-38-29)14-20-6-7-21-4-2-3-5-22(21)13-20/h2-13,15-16,18H,14,17H2,1H3,(H,33,35)(H,36,37). The number of rotatable bonds is 7. The number of nitrogens with zero attached hydrogens (tertiary/aromatic N) is 1. The van der Waals surface area contributed by atoms with Crippen LogP contribution in [0.4, 0.5) is 0 Å². The first-order valence-corrected chi connectivity index (χ1v) is 13.4. The molecular weight excluding hydrogens is 508 g/mol.